The molecule has 146 valence electrons. The fourth-order valence-electron chi connectivity index (χ4n) is 2.78. The second-order valence-electron chi connectivity index (χ2n) is 6.16. The Morgan fingerprint density at radius 3 is 2.55 bits per heavy atom. The number of methoxy groups -OCH3 is 1. The van der Waals surface area contributed by atoms with Gasteiger partial charge in [0.25, 0.3) is 5.91 Å². The van der Waals surface area contributed by atoms with Gasteiger partial charge >= 0.3 is 0 Å². The molecule has 2 aromatic carbocycles. The summed E-state index contributed by atoms with van der Waals surface area (Å²) in [6.07, 6.45) is 3.56. The molecule has 0 saturated carbocycles. The van der Waals surface area contributed by atoms with E-state index >= 15 is 0 Å². The van der Waals surface area contributed by atoms with Crippen LogP contribution >= 0.6 is 0 Å². The molecule has 2 aromatic heterocycles. The summed E-state index contributed by atoms with van der Waals surface area (Å²) in [5, 5.41) is 6.99. The molecule has 4 rings (SSSR count). The van der Waals surface area contributed by atoms with Gasteiger partial charge in [-0.15, -0.1) is 0 Å². The van der Waals surface area contributed by atoms with Crippen LogP contribution in [0.2, 0.25) is 0 Å². The fourth-order valence-corrected chi connectivity index (χ4v) is 2.78. The van der Waals surface area contributed by atoms with Gasteiger partial charge in [-0.2, -0.15) is 5.10 Å². The topological polar surface area (TPSA) is 78.5 Å². The van der Waals surface area contributed by atoms with E-state index in [1.54, 1.807) is 30.1 Å². The monoisotopic (exact) mass is 389 g/mol. The van der Waals surface area contributed by atoms with Crippen molar-refractivity contribution in [1.29, 1.82) is 0 Å². The van der Waals surface area contributed by atoms with Crippen molar-refractivity contribution >= 4 is 11.6 Å². The van der Waals surface area contributed by atoms with E-state index in [1.165, 1.54) is 0 Å². The molecule has 2 heterocycles. The van der Waals surface area contributed by atoms with Crippen molar-refractivity contribution in [3.8, 4) is 17.2 Å². The third-order valence-electron chi connectivity index (χ3n) is 4.22. The van der Waals surface area contributed by atoms with Gasteiger partial charge < -0.3 is 19.2 Å². The van der Waals surface area contributed by atoms with Gasteiger partial charge in [-0.25, -0.2) is 4.68 Å². The number of furan rings is 1. The number of rotatable bonds is 7. The number of ether oxygens (including phenoxy) is 2. The quantitative estimate of drug-likeness (QED) is 0.510. The van der Waals surface area contributed by atoms with Crippen molar-refractivity contribution in [1.82, 2.24) is 9.78 Å². The summed E-state index contributed by atoms with van der Waals surface area (Å²) in [4.78, 5) is 12.4. The third-order valence-corrected chi connectivity index (χ3v) is 4.22. The maximum atomic E-state index is 12.4. The summed E-state index contributed by atoms with van der Waals surface area (Å²) in [6.45, 7) is 0.187. The summed E-state index contributed by atoms with van der Waals surface area (Å²) in [6, 6.07) is 19.9. The first-order valence-electron chi connectivity index (χ1n) is 8.99. The van der Waals surface area contributed by atoms with E-state index in [2.05, 4.69) is 10.4 Å². The number of para-hydroxylation sites is 2. The highest BCUT2D eigenvalue weighted by Gasteiger charge is 2.13. The number of carbonyl (C=O) groups excluding carboxylic acids is 1. The van der Waals surface area contributed by atoms with Crippen LogP contribution < -0.4 is 14.8 Å². The number of hydrogen-bond acceptors (Lipinski definition) is 5. The lowest BCUT2D eigenvalue weighted by Crippen LogP contribution is -2.11. The van der Waals surface area contributed by atoms with Gasteiger partial charge in [0.1, 0.15) is 12.4 Å². The zero-order valence-corrected chi connectivity index (χ0v) is 15.7. The Bertz CT molecular complexity index is 1090. The van der Waals surface area contributed by atoms with E-state index in [1.807, 2.05) is 60.8 Å². The molecular weight excluding hydrogens is 370 g/mol. The van der Waals surface area contributed by atoms with Crippen LogP contribution in [0.3, 0.4) is 0 Å². The van der Waals surface area contributed by atoms with Crippen molar-refractivity contribution in [3.05, 3.63) is 90.6 Å². The Balaban J connectivity index is 1.37. The number of hydrogen-bond donors (Lipinski definition) is 1. The predicted octanol–water partition coefficient (Wildman–Crippen LogP) is 4.31. The van der Waals surface area contributed by atoms with E-state index < -0.39 is 0 Å². The molecule has 0 atom stereocenters. The lowest BCUT2D eigenvalue weighted by Gasteiger charge is -2.08. The van der Waals surface area contributed by atoms with Crippen LogP contribution in [0.1, 0.15) is 16.3 Å². The predicted molar refractivity (Wildman–Crippen MR) is 108 cm³/mol. The number of anilines is 1. The molecule has 0 aliphatic rings. The highest BCUT2D eigenvalue weighted by molar-refractivity contribution is 6.02. The Labute approximate surface area is 167 Å². The Kier molecular flexibility index (Phi) is 5.29. The summed E-state index contributed by atoms with van der Waals surface area (Å²) < 4.78 is 18.3. The molecule has 1 N–H and O–H groups in total. The van der Waals surface area contributed by atoms with Crippen LogP contribution in [0.5, 0.6) is 11.5 Å². The standard InChI is InChI=1S/C22H19N3O4/c1-27-19-5-2-3-6-20(19)28-15-18-11-12-21(29-18)22(26)24-16-7-9-17(10-8-16)25-14-4-13-23-25/h2-14H,15H2,1H3,(H,24,26). The minimum atomic E-state index is -0.333. The molecule has 0 fully saturated rings. The maximum Gasteiger partial charge on any atom is 0.291 e. The third kappa shape index (κ3) is 4.30. The van der Waals surface area contributed by atoms with Crippen LogP contribution in [-0.4, -0.2) is 22.8 Å². The molecule has 4 aromatic rings. The maximum absolute atomic E-state index is 12.4. The average molecular weight is 389 g/mol. The number of benzene rings is 2. The molecular formula is C22H19N3O4. The largest absolute Gasteiger partial charge is 0.493 e. The molecule has 1 amide bonds. The van der Waals surface area contributed by atoms with E-state index in [-0.39, 0.29) is 18.3 Å². The first-order chi connectivity index (χ1) is 14.2. The lowest BCUT2D eigenvalue weighted by molar-refractivity contribution is 0.0992. The smallest absolute Gasteiger partial charge is 0.291 e. The minimum absolute atomic E-state index is 0.187. The van der Waals surface area contributed by atoms with Gasteiger partial charge in [0.15, 0.2) is 17.3 Å². The molecule has 0 aliphatic heterocycles. The zero-order valence-electron chi connectivity index (χ0n) is 15.7. The van der Waals surface area contributed by atoms with Crippen LogP contribution in [0.25, 0.3) is 5.69 Å². The first-order valence-corrected chi connectivity index (χ1v) is 8.99. The molecule has 0 radical (unpaired) electrons. The summed E-state index contributed by atoms with van der Waals surface area (Å²) in [5.74, 6) is 1.65. The van der Waals surface area contributed by atoms with E-state index in [0.717, 1.165) is 5.69 Å². The normalized spacial score (nSPS) is 10.5. The zero-order chi connectivity index (χ0) is 20.1. The number of nitrogens with zero attached hydrogens (tertiary/aromatic N) is 2. The van der Waals surface area contributed by atoms with Gasteiger partial charge in [-0.1, -0.05) is 12.1 Å². The van der Waals surface area contributed by atoms with Crippen molar-refractivity contribution in [2.45, 2.75) is 6.61 Å². The molecule has 0 saturated heterocycles. The Morgan fingerprint density at radius 1 is 1.03 bits per heavy atom. The van der Waals surface area contributed by atoms with Crippen LogP contribution in [0, 0.1) is 0 Å². The van der Waals surface area contributed by atoms with Gasteiger partial charge in [-0.05, 0) is 54.6 Å². The first kappa shape index (κ1) is 18.4. The van der Waals surface area contributed by atoms with E-state index in [0.29, 0.717) is 22.9 Å². The molecule has 7 nitrogen and oxygen atoms in total. The Hall–Kier alpha value is -4.00. The molecule has 0 spiro atoms. The summed E-state index contributed by atoms with van der Waals surface area (Å²) in [7, 11) is 1.58. The highest BCUT2D eigenvalue weighted by Crippen LogP contribution is 2.27. The number of nitrogens with one attached hydrogen (secondary N) is 1. The van der Waals surface area contributed by atoms with Gasteiger partial charge in [0.2, 0.25) is 0 Å². The average Bonchev–Trinajstić information content (AvgIpc) is 3.45. The van der Waals surface area contributed by atoms with Gasteiger partial charge in [-0.3, -0.25) is 4.79 Å². The second-order valence-corrected chi connectivity index (χ2v) is 6.16. The van der Waals surface area contributed by atoms with Crippen molar-refractivity contribution < 1.29 is 18.7 Å². The van der Waals surface area contributed by atoms with Crippen molar-refractivity contribution in [3.63, 3.8) is 0 Å². The summed E-state index contributed by atoms with van der Waals surface area (Å²) >= 11 is 0. The molecule has 0 unspecified atom stereocenters. The van der Waals surface area contributed by atoms with E-state index in [9.17, 15) is 4.79 Å². The summed E-state index contributed by atoms with van der Waals surface area (Å²) in [5.41, 5.74) is 1.57. The highest BCUT2D eigenvalue weighted by atomic mass is 16.5. The number of carbonyl (C=O) groups is 1. The Morgan fingerprint density at radius 2 is 1.83 bits per heavy atom. The van der Waals surface area contributed by atoms with Crippen LogP contribution in [0.4, 0.5) is 5.69 Å². The van der Waals surface area contributed by atoms with Gasteiger partial charge in [0.05, 0.1) is 12.8 Å². The molecule has 0 aliphatic carbocycles. The van der Waals surface area contributed by atoms with E-state index in [4.69, 9.17) is 13.9 Å². The molecule has 7 heteroatoms. The number of amides is 1. The van der Waals surface area contributed by atoms with Crippen molar-refractivity contribution in [2.24, 2.45) is 0 Å². The minimum Gasteiger partial charge on any atom is -0.493 e. The fraction of sp³-hybridized carbons (Fsp3) is 0.0909. The molecule has 29 heavy (non-hydrogen) atoms. The molecule has 0 bridgehead atoms. The lowest BCUT2D eigenvalue weighted by atomic mass is 10.2. The van der Waals surface area contributed by atoms with Gasteiger partial charge in [0, 0.05) is 18.1 Å². The number of aromatic nitrogens is 2. The van der Waals surface area contributed by atoms with Crippen LogP contribution in [0.15, 0.2) is 83.5 Å². The van der Waals surface area contributed by atoms with Crippen molar-refractivity contribution in [2.75, 3.05) is 12.4 Å². The SMILES string of the molecule is COc1ccccc1OCc1ccc(C(=O)Nc2ccc(-n3cccn3)cc2)o1. The van der Waals surface area contributed by atoms with Crippen LogP contribution in [-0.2, 0) is 6.61 Å². The second kappa shape index (κ2) is 8.35.